The van der Waals surface area contributed by atoms with E-state index in [1.807, 2.05) is 0 Å². The van der Waals surface area contributed by atoms with Gasteiger partial charge in [0.25, 0.3) is 0 Å². The zero-order valence-corrected chi connectivity index (χ0v) is 16.4. The highest BCUT2D eigenvalue weighted by atomic mass is 35.5. The Hall–Kier alpha value is -1.05. The average molecular weight is 420 g/mol. The van der Waals surface area contributed by atoms with Crippen molar-refractivity contribution in [2.45, 2.75) is 25.5 Å². The maximum absolute atomic E-state index is 6.24. The molecule has 0 saturated carbocycles. The molecular weight excluding hydrogens is 403 g/mol. The fourth-order valence-corrected chi connectivity index (χ4v) is 3.47. The van der Waals surface area contributed by atoms with E-state index in [1.165, 1.54) is 0 Å². The fourth-order valence-electron chi connectivity index (χ4n) is 2.57. The third kappa shape index (κ3) is 4.99. The number of aromatic nitrogens is 2. The van der Waals surface area contributed by atoms with Crippen LogP contribution in [0.3, 0.4) is 0 Å². The van der Waals surface area contributed by atoms with Crippen molar-refractivity contribution in [2.24, 2.45) is 0 Å². The van der Waals surface area contributed by atoms with Gasteiger partial charge < -0.3 is 15.4 Å². The first-order valence-electron chi connectivity index (χ1n) is 7.85. The van der Waals surface area contributed by atoms with Gasteiger partial charge in [0.2, 0.25) is 0 Å². The van der Waals surface area contributed by atoms with Gasteiger partial charge in [0, 0.05) is 35.0 Å². The summed E-state index contributed by atoms with van der Waals surface area (Å²) < 4.78 is 7.22. The van der Waals surface area contributed by atoms with Gasteiger partial charge in [0.1, 0.15) is 5.02 Å². The number of hydrogen-bond acceptors (Lipinski definition) is 3. The van der Waals surface area contributed by atoms with E-state index in [2.05, 4.69) is 15.7 Å². The lowest BCUT2D eigenvalue weighted by Crippen LogP contribution is -2.35. The Morgan fingerprint density at radius 1 is 1.28 bits per heavy atom. The van der Waals surface area contributed by atoms with E-state index in [4.69, 9.17) is 51.8 Å². The molecule has 1 aliphatic rings. The number of anilines is 1. The Bertz CT molecular complexity index is 742. The fraction of sp³-hybridized carbons (Fsp3) is 0.375. The van der Waals surface area contributed by atoms with E-state index in [0.717, 1.165) is 25.0 Å². The molecule has 1 fully saturated rings. The minimum absolute atomic E-state index is 0.204. The largest absolute Gasteiger partial charge is 0.376 e. The molecule has 0 aliphatic carbocycles. The van der Waals surface area contributed by atoms with Crippen LogP contribution >= 0.6 is 47.0 Å². The molecule has 1 unspecified atom stereocenters. The van der Waals surface area contributed by atoms with Gasteiger partial charge in [-0.05, 0) is 37.2 Å². The van der Waals surface area contributed by atoms with Gasteiger partial charge in [-0.25, -0.2) is 0 Å². The van der Waals surface area contributed by atoms with Gasteiger partial charge in [-0.2, -0.15) is 5.10 Å². The van der Waals surface area contributed by atoms with Crippen LogP contribution in [0.5, 0.6) is 0 Å². The Morgan fingerprint density at radius 3 is 2.72 bits per heavy atom. The van der Waals surface area contributed by atoms with Crippen molar-refractivity contribution in [3.63, 3.8) is 0 Å². The van der Waals surface area contributed by atoms with E-state index in [9.17, 15) is 0 Å². The number of thiocarbonyl (C=S) groups is 1. The molecule has 0 spiro atoms. The highest BCUT2D eigenvalue weighted by Crippen LogP contribution is 2.26. The molecule has 9 heteroatoms. The van der Waals surface area contributed by atoms with Crippen LogP contribution in [0.4, 0.5) is 5.82 Å². The zero-order valence-electron chi connectivity index (χ0n) is 13.3. The van der Waals surface area contributed by atoms with Crippen LogP contribution in [0.15, 0.2) is 24.4 Å². The Balaban J connectivity index is 1.61. The van der Waals surface area contributed by atoms with Gasteiger partial charge in [-0.1, -0.05) is 40.9 Å². The summed E-state index contributed by atoms with van der Waals surface area (Å²) in [7, 11) is 0. The third-order valence-corrected chi connectivity index (χ3v) is 5.08. The van der Waals surface area contributed by atoms with Crippen molar-refractivity contribution in [1.82, 2.24) is 15.1 Å². The lowest BCUT2D eigenvalue weighted by molar-refractivity contribution is 0.114. The molecule has 0 radical (unpaired) electrons. The number of benzene rings is 1. The van der Waals surface area contributed by atoms with E-state index >= 15 is 0 Å². The van der Waals surface area contributed by atoms with Crippen molar-refractivity contribution in [3.8, 4) is 0 Å². The summed E-state index contributed by atoms with van der Waals surface area (Å²) in [5, 5.41) is 12.6. The lowest BCUT2D eigenvalue weighted by Gasteiger charge is -2.13. The summed E-state index contributed by atoms with van der Waals surface area (Å²) >= 11 is 23.9. The second kappa shape index (κ2) is 8.56. The minimum atomic E-state index is 0.204. The monoisotopic (exact) mass is 418 g/mol. The molecule has 2 N–H and O–H groups in total. The van der Waals surface area contributed by atoms with Crippen molar-refractivity contribution in [2.75, 3.05) is 18.5 Å². The summed E-state index contributed by atoms with van der Waals surface area (Å²) in [6, 6.07) is 5.38. The highest BCUT2D eigenvalue weighted by molar-refractivity contribution is 7.80. The van der Waals surface area contributed by atoms with Gasteiger partial charge in [-0.3, -0.25) is 4.68 Å². The van der Waals surface area contributed by atoms with Crippen LogP contribution in [0.1, 0.15) is 18.4 Å². The minimum Gasteiger partial charge on any atom is -0.376 e. The Morgan fingerprint density at radius 2 is 2.04 bits per heavy atom. The topological polar surface area (TPSA) is 51.1 Å². The summed E-state index contributed by atoms with van der Waals surface area (Å²) in [4.78, 5) is 0. The Kier molecular flexibility index (Phi) is 6.41. The van der Waals surface area contributed by atoms with Crippen LogP contribution < -0.4 is 10.6 Å². The van der Waals surface area contributed by atoms with Crippen molar-refractivity contribution >= 4 is 58.0 Å². The van der Waals surface area contributed by atoms with Crippen molar-refractivity contribution < 1.29 is 4.74 Å². The summed E-state index contributed by atoms with van der Waals surface area (Å²) in [6.45, 7) is 1.89. The number of halogens is 3. The van der Waals surface area contributed by atoms with Crippen LogP contribution in [0, 0.1) is 0 Å². The summed E-state index contributed by atoms with van der Waals surface area (Å²) in [6.07, 6.45) is 4.04. The smallest absolute Gasteiger partial charge is 0.173 e. The first kappa shape index (κ1) is 18.7. The normalized spacial score (nSPS) is 16.8. The van der Waals surface area contributed by atoms with E-state index in [-0.39, 0.29) is 6.10 Å². The predicted molar refractivity (Wildman–Crippen MR) is 106 cm³/mol. The molecule has 1 saturated heterocycles. The molecule has 2 heterocycles. The lowest BCUT2D eigenvalue weighted by atomic mass is 10.2. The van der Waals surface area contributed by atoms with Crippen LogP contribution in [-0.4, -0.2) is 34.1 Å². The Labute approximate surface area is 166 Å². The molecule has 1 aromatic heterocycles. The van der Waals surface area contributed by atoms with Crippen LogP contribution in [-0.2, 0) is 11.3 Å². The number of ether oxygens (including phenoxy) is 1. The molecule has 5 nitrogen and oxygen atoms in total. The molecule has 1 aromatic carbocycles. The van der Waals surface area contributed by atoms with Gasteiger partial charge >= 0.3 is 0 Å². The molecule has 1 aliphatic heterocycles. The van der Waals surface area contributed by atoms with Crippen molar-refractivity contribution in [3.05, 3.63) is 45.0 Å². The number of nitrogens with one attached hydrogen (secondary N) is 2. The zero-order chi connectivity index (χ0) is 17.8. The summed E-state index contributed by atoms with van der Waals surface area (Å²) in [5.41, 5.74) is 0.788. The van der Waals surface area contributed by atoms with Gasteiger partial charge in [-0.15, -0.1) is 0 Å². The molecule has 1 atom stereocenters. The average Bonchev–Trinajstić information content (AvgIpc) is 3.20. The summed E-state index contributed by atoms with van der Waals surface area (Å²) in [5.74, 6) is 0.481. The molecule has 25 heavy (non-hydrogen) atoms. The third-order valence-electron chi connectivity index (χ3n) is 3.85. The van der Waals surface area contributed by atoms with Gasteiger partial charge in [0.15, 0.2) is 10.9 Å². The first-order valence-corrected chi connectivity index (χ1v) is 9.39. The molecule has 0 bridgehead atoms. The first-order chi connectivity index (χ1) is 12.0. The van der Waals surface area contributed by atoms with Crippen molar-refractivity contribution in [1.29, 1.82) is 0 Å². The molecule has 134 valence electrons. The molecule has 3 rings (SSSR count). The maximum Gasteiger partial charge on any atom is 0.173 e. The molecular formula is C16H17Cl3N4OS. The maximum atomic E-state index is 6.24. The second-order valence-electron chi connectivity index (χ2n) is 5.69. The number of rotatable bonds is 5. The van der Waals surface area contributed by atoms with Crippen LogP contribution in [0.25, 0.3) is 0 Å². The van der Waals surface area contributed by atoms with Gasteiger partial charge in [0.05, 0.1) is 12.6 Å². The highest BCUT2D eigenvalue weighted by Gasteiger charge is 2.16. The molecule has 2 aromatic rings. The van der Waals surface area contributed by atoms with E-state index in [1.54, 1.807) is 29.1 Å². The SMILES string of the molecule is S=C(NCC1CCCO1)Nc1nn(Cc2c(Cl)cccc2Cl)cc1Cl. The predicted octanol–water partition coefficient (Wildman–Crippen LogP) is 4.36. The van der Waals surface area contributed by atoms with Crippen LogP contribution in [0.2, 0.25) is 15.1 Å². The van der Waals surface area contributed by atoms with E-state index in [0.29, 0.717) is 39.1 Å². The quantitative estimate of drug-likeness (QED) is 0.705. The molecule has 0 amide bonds. The number of hydrogen-bond donors (Lipinski definition) is 2. The number of nitrogens with zero attached hydrogens (tertiary/aromatic N) is 2. The standard InChI is InChI=1S/C16H17Cl3N4OS/c17-12-4-1-5-13(18)11(12)8-23-9-14(19)15(22-23)21-16(25)20-7-10-3-2-6-24-10/h1,4-5,9-10H,2-3,6-8H2,(H2,20,21,22,25). The second-order valence-corrected chi connectivity index (χ2v) is 7.32. The van der Waals surface area contributed by atoms with E-state index < -0.39 is 0 Å².